The van der Waals surface area contributed by atoms with E-state index >= 15 is 0 Å². The van der Waals surface area contributed by atoms with Crippen molar-refractivity contribution in [2.45, 2.75) is 32.9 Å². The minimum absolute atomic E-state index is 0.238. The third kappa shape index (κ3) is 5.13. The SMILES string of the molecule is CC(C)(C)C(OC(N)=O)C(NC(=O)C(=O)c1c[nH]c2ccc(Br)cc12)c1c[nH]c2ccc(Br)cc12. The molecule has 2 amide bonds. The summed E-state index contributed by atoms with van der Waals surface area (Å²) in [7, 11) is 0. The van der Waals surface area contributed by atoms with Crippen LogP contribution in [0.4, 0.5) is 4.79 Å². The third-order valence-electron chi connectivity index (χ3n) is 5.79. The zero-order valence-electron chi connectivity index (χ0n) is 19.2. The third-order valence-corrected chi connectivity index (χ3v) is 6.78. The Kier molecular flexibility index (Phi) is 6.79. The molecule has 0 aliphatic carbocycles. The minimum Gasteiger partial charge on any atom is -0.443 e. The summed E-state index contributed by atoms with van der Waals surface area (Å²) in [5.41, 5.74) is 7.22. The summed E-state index contributed by atoms with van der Waals surface area (Å²) < 4.78 is 7.13. The highest BCUT2D eigenvalue weighted by atomic mass is 79.9. The van der Waals surface area contributed by atoms with Crippen LogP contribution in [0, 0.1) is 5.41 Å². The van der Waals surface area contributed by atoms with Gasteiger partial charge in [0.2, 0.25) is 0 Å². The van der Waals surface area contributed by atoms with Crippen LogP contribution in [0.25, 0.3) is 21.8 Å². The summed E-state index contributed by atoms with van der Waals surface area (Å²) in [5.74, 6) is -1.55. The zero-order valence-corrected chi connectivity index (χ0v) is 22.4. The number of halogens is 2. The lowest BCUT2D eigenvalue weighted by molar-refractivity contribution is -0.119. The fourth-order valence-corrected chi connectivity index (χ4v) is 4.89. The molecule has 2 aromatic carbocycles. The van der Waals surface area contributed by atoms with Crippen LogP contribution in [-0.2, 0) is 9.53 Å². The van der Waals surface area contributed by atoms with Gasteiger partial charge in [0, 0.05) is 54.1 Å². The van der Waals surface area contributed by atoms with Crippen molar-refractivity contribution < 1.29 is 19.1 Å². The Bertz CT molecular complexity index is 1450. The van der Waals surface area contributed by atoms with Crippen molar-refractivity contribution in [3.8, 4) is 0 Å². The molecule has 2 atom stereocenters. The quantitative estimate of drug-likeness (QED) is 0.166. The summed E-state index contributed by atoms with van der Waals surface area (Å²) in [6.45, 7) is 5.59. The molecule has 2 unspecified atom stereocenters. The van der Waals surface area contributed by atoms with Crippen LogP contribution in [0.5, 0.6) is 0 Å². The van der Waals surface area contributed by atoms with E-state index in [4.69, 9.17) is 10.5 Å². The first-order valence-corrected chi connectivity index (χ1v) is 12.4. The monoisotopic (exact) mass is 602 g/mol. The molecule has 182 valence electrons. The van der Waals surface area contributed by atoms with E-state index in [0.29, 0.717) is 10.9 Å². The fraction of sp³-hybridized carbons (Fsp3) is 0.240. The molecular weight excluding hydrogens is 580 g/mol. The van der Waals surface area contributed by atoms with Crippen LogP contribution in [0.2, 0.25) is 0 Å². The van der Waals surface area contributed by atoms with Gasteiger partial charge in [0.15, 0.2) is 0 Å². The number of fused-ring (bicyclic) bond motifs is 2. The number of hydrogen-bond donors (Lipinski definition) is 4. The molecule has 0 bridgehead atoms. The number of carbonyl (C=O) groups excluding carboxylic acids is 3. The van der Waals surface area contributed by atoms with Crippen LogP contribution < -0.4 is 11.1 Å². The number of amides is 2. The number of nitrogens with one attached hydrogen (secondary N) is 3. The number of H-pyrrole nitrogens is 2. The summed E-state index contributed by atoms with van der Waals surface area (Å²) >= 11 is 6.88. The molecule has 10 heteroatoms. The Balaban J connectivity index is 1.77. The predicted molar refractivity (Wildman–Crippen MR) is 141 cm³/mol. The number of Topliss-reactive ketones (excluding diaryl/α,β-unsaturated/α-hetero) is 1. The summed E-state index contributed by atoms with van der Waals surface area (Å²) in [4.78, 5) is 44.6. The van der Waals surface area contributed by atoms with Crippen LogP contribution in [0.1, 0.15) is 42.7 Å². The average Bonchev–Trinajstić information content (AvgIpc) is 3.38. The number of primary amides is 1. The maximum Gasteiger partial charge on any atom is 0.404 e. The number of nitrogens with two attached hydrogens (primary N) is 1. The van der Waals surface area contributed by atoms with Crippen LogP contribution in [-0.4, -0.2) is 33.9 Å². The zero-order chi connectivity index (χ0) is 25.5. The number of benzene rings is 2. The predicted octanol–water partition coefficient (Wildman–Crippen LogP) is 5.72. The van der Waals surface area contributed by atoms with Crippen LogP contribution >= 0.6 is 31.9 Å². The van der Waals surface area contributed by atoms with Gasteiger partial charge >= 0.3 is 6.09 Å². The molecule has 0 saturated carbocycles. The molecular formula is C25H24Br2N4O4. The van der Waals surface area contributed by atoms with Crippen molar-refractivity contribution >= 4 is 71.4 Å². The lowest BCUT2D eigenvalue weighted by atomic mass is 9.81. The first-order valence-electron chi connectivity index (χ1n) is 10.8. The summed E-state index contributed by atoms with van der Waals surface area (Å²) in [5, 5.41) is 4.25. The topological polar surface area (TPSA) is 130 Å². The van der Waals surface area contributed by atoms with Gasteiger partial charge in [-0.2, -0.15) is 0 Å². The highest BCUT2D eigenvalue weighted by Crippen LogP contribution is 2.37. The molecule has 4 aromatic rings. The standard InChI is InChI=1S/C25H24Br2N4O4/c1-25(2,3)22(35-24(28)34)20(16-10-29-18-6-4-12(26)8-14(16)18)31-23(33)21(32)17-11-30-19-7-5-13(27)9-15(17)19/h4-11,20,22,29-30H,1-3H3,(H2,28,34)(H,31,33). The molecule has 2 aromatic heterocycles. The number of carbonyl (C=O) groups is 3. The maximum absolute atomic E-state index is 13.3. The first-order chi connectivity index (χ1) is 16.5. The summed E-state index contributed by atoms with van der Waals surface area (Å²) in [6.07, 6.45) is 1.40. The van der Waals surface area contributed by atoms with Gasteiger partial charge in [-0.3, -0.25) is 9.59 Å². The van der Waals surface area contributed by atoms with Crippen molar-refractivity contribution in [1.82, 2.24) is 15.3 Å². The van der Waals surface area contributed by atoms with Gasteiger partial charge in [-0.1, -0.05) is 52.6 Å². The fourth-order valence-electron chi connectivity index (χ4n) is 4.17. The summed E-state index contributed by atoms with van der Waals surface area (Å²) in [6, 6.07) is 10.2. The van der Waals surface area contributed by atoms with Gasteiger partial charge in [-0.15, -0.1) is 0 Å². The number of aromatic amines is 2. The van der Waals surface area contributed by atoms with Crippen LogP contribution in [0.3, 0.4) is 0 Å². The second-order valence-electron chi connectivity index (χ2n) is 9.33. The van der Waals surface area contributed by atoms with E-state index in [-0.39, 0.29) is 5.56 Å². The molecule has 0 fully saturated rings. The Hall–Kier alpha value is -3.11. The van der Waals surface area contributed by atoms with Crippen molar-refractivity contribution in [3.63, 3.8) is 0 Å². The van der Waals surface area contributed by atoms with Gasteiger partial charge in [-0.05, 0) is 36.4 Å². The molecule has 2 heterocycles. The number of ether oxygens (including phenoxy) is 1. The molecule has 0 radical (unpaired) electrons. The second-order valence-corrected chi connectivity index (χ2v) is 11.2. The Morgan fingerprint density at radius 3 is 2.11 bits per heavy atom. The number of rotatable bonds is 6. The lowest BCUT2D eigenvalue weighted by Gasteiger charge is -2.36. The van der Waals surface area contributed by atoms with Crippen molar-refractivity contribution in [2.24, 2.45) is 11.1 Å². The van der Waals surface area contributed by atoms with Crippen molar-refractivity contribution in [1.29, 1.82) is 0 Å². The smallest absolute Gasteiger partial charge is 0.404 e. The Morgan fingerprint density at radius 2 is 1.51 bits per heavy atom. The van der Waals surface area contributed by atoms with E-state index in [2.05, 4.69) is 47.1 Å². The van der Waals surface area contributed by atoms with E-state index in [1.807, 2.05) is 51.1 Å². The molecule has 0 saturated heterocycles. The molecule has 35 heavy (non-hydrogen) atoms. The minimum atomic E-state index is -0.974. The van der Waals surface area contributed by atoms with E-state index in [9.17, 15) is 14.4 Å². The van der Waals surface area contributed by atoms with Crippen molar-refractivity contribution in [2.75, 3.05) is 0 Å². The highest BCUT2D eigenvalue weighted by Gasteiger charge is 2.39. The van der Waals surface area contributed by atoms with Gasteiger partial charge in [-0.25, -0.2) is 4.79 Å². The molecule has 0 aliphatic rings. The lowest BCUT2D eigenvalue weighted by Crippen LogP contribution is -2.47. The molecule has 4 rings (SSSR count). The van der Waals surface area contributed by atoms with Gasteiger partial charge in [0.1, 0.15) is 6.10 Å². The van der Waals surface area contributed by atoms with E-state index < -0.39 is 35.3 Å². The number of aromatic nitrogens is 2. The largest absolute Gasteiger partial charge is 0.443 e. The second kappa shape index (κ2) is 9.50. The Labute approximate surface area is 218 Å². The molecule has 0 spiro atoms. The maximum atomic E-state index is 13.3. The van der Waals surface area contributed by atoms with Gasteiger partial charge < -0.3 is 25.8 Å². The molecule has 5 N–H and O–H groups in total. The normalized spacial score (nSPS) is 13.5. The first kappa shape index (κ1) is 25.0. The number of hydrogen-bond acceptors (Lipinski definition) is 4. The van der Waals surface area contributed by atoms with Gasteiger partial charge in [0.25, 0.3) is 11.7 Å². The molecule has 8 nitrogen and oxygen atoms in total. The van der Waals surface area contributed by atoms with E-state index in [1.54, 1.807) is 12.3 Å². The average molecular weight is 604 g/mol. The van der Waals surface area contributed by atoms with E-state index in [0.717, 1.165) is 25.4 Å². The van der Waals surface area contributed by atoms with Gasteiger partial charge in [0.05, 0.1) is 11.6 Å². The van der Waals surface area contributed by atoms with E-state index in [1.165, 1.54) is 6.20 Å². The van der Waals surface area contributed by atoms with Crippen molar-refractivity contribution in [3.05, 3.63) is 68.9 Å². The van der Waals surface area contributed by atoms with Crippen LogP contribution in [0.15, 0.2) is 57.7 Å². The highest BCUT2D eigenvalue weighted by molar-refractivity contribution is 9.10. The molecule has 0 aliphatic heterocycles. The number of ketones is 1. The Morgan fingerprint density at radius 1 is 0.943 bits per heavy atom.